The summed E-state index contributed by atoms with van der Waals surface area (Å²) < 4.78 is 0. The molecule has 0 heterocycles. The van der Waals surface area contributed by atoms with Crippen LogP contribution in [0.1, 0.15) is 414 Å². The van der Waals surface area contributed by atoms with E-state index >= 15 is 0 Å². The Kier molecular flexibility index (Phi) is 26.8. The maximum absolute atomic E-state index is 3.71. The lowest BCUT2D eigenvalue weighted by atomic mass is 9.37. The van der Waals surface area contributed by atoms with E-state index in [1.807, 2.05) is 0 Å². The van der Waals surface area contributed by atoms with E-state index in [0.717, 1.165) is 178 Å². The van der Waals surface area contributed by atoms with Crippen LogP contribution in [0.2, 0.25) is 0 Å². The van der Waals surface area contributed by atoms with Gasteiger partial charge < -0.3 is 0 Å². The van der Waals surface area contributed by atoms with Crippen LogP contribution < -0.4 is 0 Å². The summed E-state index contributed by atoms with van der Waals surface area (Å²) in [7, 11) is 0. The topological polar surface area (TPSA) is 6.48 Å². The third kappa shape index (κ3) is 15.9. The molecular weight excluding hydrogens is 1160 g/mol. The fraction of sp³-hybridized carbons (Fsp3) is 1.00. The molecule has 0 saturated heterocycles. The van der Waals surface area contributed by atoms with Crippen LogP contribution in [0, 0.1) is 142 Å². The van der Waals surface area contributed by atoms with E-state index in [-0.39, 0.29) is 0 Å². The van der Waals surface area contributed by atoms with Crippen LogP contribution in [0.25, 0.3) is 0 Å². The molecule has 0 spiro atoms. The summed E-state index contributed by atoms with van der Waals surface area (Å²) >= 11 is 0. The number of fused-ring (bicyclic) bond motifs is 4. The smallest absolute Gasteiger partial charge is 0.0135 e. The third-order valence-electron chi connectivity index (χ3n) is 35.6. The zero-order valence-corrected chi connectivity index (χ0v) is 65.2. The van der Waals surface area contributed by atoms with Gasteiger partial charge in [0.05, 0.1) is 0 Å². The van der Waals surface area contributed by atoms with E-state index in [1.54, 1.807) is 244 Å². The second kappa shape index (κ2) is 35.3. The molecule has 0 aromatic heterocycles. The molecule has 2 heteroatoms. The molecule has 18 unspecified atom stereocenters. The predicted octanol–water partition coefficient (Wildman–Crippen LogP) is 27.5. The zero-order chi connectivity index (χ0) is 65.5. The van der Waals surface area contributed by atoms with Crippen LogP contribution in [-0.4, -0.2) is 46.1 Å². The van der Waals surface area contributed by atoms with Crippen molar-refractivity contribution in [3.63, 3.8) is 0 Å². The predicted molar refractivity (Wildman–Crippen MR) is 412 cm³/mol. The first kappa shape index (κ1) is 72.8. The first-order valence-electron chi connectivity index (χ1n) is 46.9. The molecule has 18 atom stereocenters. The van der Waals surface area contributed by atoms with E-state index in [1.165, 1.54) is 128 Å². The van der Waals surface area contributed by atoms with Crippen molar-refractivity contribution < 1.29 is 0 Å². The Bertz CT molecular complexity index is 2020. The van der Waals surface area contributed by atoms with Gasteiger partial charge in [0, 0.05) is 36.3 Å². The van der Waals surface area contributed by atoms with Gasteiger partial charge in [-0.3, -0.25) is 9.80 Å². The molecule has 0 radical (unpaired) electrons. The molecule has 14 aliphatic rings. The molecule has 14 aliphatic carbocycles. The van der Waals surface area contributed by atoms with E-state index in [2.05, 4.69) is 51.3 Å². The summed E-state index contributed by atoms with van der Waals surface area (Å²) in [4.78, 5) is 7.42. The molecule has 2 nitrogen and oxygen atoms in total. The fourth-order valence-electron chi connectivity index (χ4n) is 31.8. The molecule has 0 N–H and O–H groups in total. The third-order valence-corrected chi connectivity index (χ3v) is 35.6. The van der Waals surface area contributed by atoms with Crippen LogP contribution in [0.3, 0.4) is 0 Å². The van der Waals surface area contributed by atoms with Crippen molar-refractivity contribution in [3.8, 4) is 0 Å². The molecule has 0 aliphatic heterocycles. The number of unbranched alkanes of at least 4 members (excludes halogenated alkanes) is 12. The van der Waals surface area contributed by atoms with Crippen molar-refractivity contribution in [2.45, 2.75) is 450 Å². The largest absolute Gasteiger partial charge is 0.294 e. The van der Waals surface area contributed by atoms with Crippen molar-refractivity contribution in [1.29, 1.82) is 0 Å². The van der Waals surface area contributed by atoms with Crippen molar-refractivity contribution in [1.82, 2.24) is 9.80 Å². The van der Waals surface area contributed by atoms with Crippen LogP contribution in [-0.2, 0) is 0 Å². The average molecular weight is 1320 g/mol. The first-order valence-corrected chi connectivity index (χ1v) is 46.9. The normalized spacial score (nSPS) is 46.5. The van der Waals surface area contributed by atoms with Crippen LogP contribution in [0.15, 0.2) is 0 Å². The lowest BCUT2D eigenvalue weighted by Crippen LogP contribution is -2.68. The molecule has 14 rings (SSSR count). The summed E-state index contributed by atoms with van der Waals surface area (Å²) in [5.74, 6) is 24.8. The molecule has 0 bridgehead atoms. The molecule has 0 amide bonds. The Morgan fingerprint density at radius 2 is 0.490 bits per heavy atom. The van der Waals surface area contributed by atoms with Gasteiger partial charge in [0.15, 0.2) is 0 Å². The maximum Gasteiger partial charge on any atom is 0.0135 e. The molecule has 550 valence electrons. The SMILES string of the molecule is CCCCCCCCC1CCC(N(C2CCC(C)CC2)C2CC(C3C4CCCCC4C(CCCC)C4CCCCC43)C3CCC4C5C(CCC2C35)C(C2C3CCCCC3C(CCCC)C3CCCCC32)CC4N(C2CCC(C)CC2)C2CCC(CCCCCCCC)CC2)CC1. The zero-order valence-electron chi connectivity index (χ0n) is 65.2. The minimum Gasteiger partial charge on any atom is -0.294 e. The summed E-state index contributed by atoms with van der Waals surface area (Å²) in [5.41, 5.74) is 0. The highest BCUT2D eigenvalue weighted by atomic mass is 15.2. The number of rotatable bonds is 28. The van der Waals surface area contributed by atoms with E-state index in [4.69, 9.17) is 0 Å². The van der Waals surface area contributed by atoms with Crippen LogP contribution >= 0.6 is 0 Å². The summed E-state index contributed by atoms with van der Waals surface area (Å²) in [6.07, 6.45) is 90.3. The van der Waals surface area contributed by atoms with Crippen LogP contribution in [0.5, 0.6) is 0 Å². The summed E-state index contributed by atoms with van der Waals surface area (Å²) in [6.45, 7) is 15.3. The van der Waals surface area contributed by atoms with Crippen molar-refractivity contribution in [2.24, 2.45) is 142 Å². The Morgan fingerprint density at radius 3 is 0.812 bits per heavy atom. The van der Waals surface area contributed by atoms with Crippen molar-refractivity contribution >= 4 is 0 Å². The maximum atomic E-state index is 3.71. The quantitative estimate of drug-likeness (QED) is 0.0721. The monoisotopic (exact) mass is 1320 g/mol. The minimum atomic E-state index is 0.872. The Hall–Kier alpha value is -0.0800. The van der Waals surface area contributed by atoms with Crippen molar-refractivity contribution in [2.75, 3.05) is 0 Å². The van der Waals surface area contributed by atoms with Gasteiger partial charge in [-0.25, -0.2) is 0 Å². The molecule has 14 fully saturated rings. The Morgan fingerprint density at radius 1 is 0.219 bits per heavy atom. The summed E-state index contributed by atoms with van der Waals surface area (Å²) in [6, 6.07) is 5.26. The Balaban J connectivity index is 0.872. The van der Waals surface area contributed by atoms with Gasteiger partial charge in [-0.1, -0.05) is 208 Å². The molecule has 14 saturated carbocycles. The number of hydrogen-bond acceptors (Lipinski definition) is 2. The van der Waals surface area contributed by atoms with Crippen molar-refractivity contribution in [3.05, 3.63) is 0 Å². The second-order valence-electron chi connectivity index (χ2n) is 40.3. The highest BCUT2D eigenvalue weighted by Gasteiger charge is 2.67. The molecule has 0 aromatic rings. The van der Waals surface area contributed by atoms with Gasteiger partial charge in [0.1, 0.15) is 0 Å². The lowest BCUT2D eigenvalue weighted by Gasteiger charge is -2.70. The van der Waals surface area contributed by atoms with E-state index < -0.39 is 0 Å². The van der Waals surface area contributed by atoms with Gasteiger partial charge >= 0.3 is 0 Å². The second-order valence-corrected chi connectivity index (χ2v) is 40.3. The molecule has 96 heavy (non-hydrogen) atoms. The summed E-state index contributed by atoms with van der Waals surface area (Å²) in [5, 5.41) is 0. The van der Waals surface area contributed by atoms with Gasteiger partial charge in [0.25, 0.3) is 0 Å². The highest BCUT2D eigenvalue weighted by Crippen LogP contribution is 2.72. The standard InChI is InChI=1S/C94H164N2/c1-7-11-15-17-19-21-31-67-47-55-71(56-48-67)95(69-51-43-65(5)44-52-69)89-63-87(91-79-39-27-23-35-75(79)73(33-13-9-3)76-36-24-28-40-80(76)91)83-60-62-86-90(96(70-53-45-66(6)46-54-70)72-57-49-68(50-58-72)32-22-20-18-16-12-8-2)64-88(84-59-61-85(89)93(83)94(84)86)92-81-41-29-25-37-77(81)74(34-14-10-4)78-38-26-30-42-82(78)92/h65-94H,7-64H2,1-6H3. The van der Waals surface area contributed by atoms with Gasteiger partial charge in [0.2, 0.25) is 0 Å². The lowest BCUT2D eigenvalue weighted by molar-refractivity contribution is -0.213. The number of nitrogens with zero attached hydrogens (tertiary/aromatic N) is 2. The highest BCUT2D eigenvalue weighted by molar-refractivity contribution is 5.17. The Labute approximate surface area is 598 Å². The van der Waals surface area contributed by atoms with E-state index in [9.17, 15) is 0 Å². The fourth-order valence-corrected chi connectivity index (χ4v) is 31.8. The first-order chi connectivity index (χ1) is 47.3. The van der Waals surface area contributed by atoms with Gasteiger partial charge in [-0.05, 0) is 347 Å². The van der Waals surface area contributed by atoms with Crippen LogP contribution in [0.4, 0.5) is 0 Å². The molecular formula is C94H164N2. The molecule has 0 aromatic carbocycles. The van der Waals surface area contributed by atoms with E-state index in [0.29, 0.717) is 0 Å². The number of hydrogen-bond donors (Lipinski definition) is 0. The van der Waals surface area contributed by atoms with Gasteiger partial charge in [-0.2, -0.15) is 0 Å². The average Bonchev–Trinajstić information content (AvgIpc) is 0.698. The minimum absolute atomic E-state index is 0.872. The van der Waals surface area contributed by atoms with Gasteiger partial charge in [-0.15, -0.1) is 0 Å².